The molecule has 244 valence electrons. The number of rotatable bonds is 6. The van der Waals surface area contributed by atoms with Crippen molar-refractivity contribution in [2.75, 3.05) is 0 Å². The van der Waals surface area contributed by atoms with Gasteiger partial charge in [-0.15, -0.1) is 0 Å². The van der Waals surface area contributed by atoms with E-state index in [1.54, 1.807) is 0 Å². The Bertz CT molecular complexity index is 2400. The van der Waals surface area contributed by atoms with E-state index in [0.717, 1.165) is 12.8 Å². The molecule has 0 aromatic heterocycles. The van der Waals surface area contributed by atoms with E-state index in [9.17, 15) is 0 Å². The van der Waals surface area contributed by atoms with Crippen LogP contribution in [-0.4, -0.2) is 0 Å². The molecular weight excluding hydrogens is 613 g/mol. The number of hydrogen-bond acceptors (Lipinski definition) is 0. The highest BCUT2D eigenvalue weighted by Crippen LogP contribution is 2.39. The normalized spacial score (nSPS) is 11.0. The van der Waals surface area contributed by atoms with Crippen LogP contribution in [0.25, 0.3) is 65.7 Å². The van der Waals surface area contributed by atoms with Gasteiger partial charge in [0, 0.05) is 0 Å². The van der Waals surface area contributed by atoms with E-state index in [0.29, 0.717) is 0 Å². The third-order valence-electron chi connectivity index (χ3n) is 10.1. The topological polar surface area (TPSA) is 0 Å². The molecule has 9 aromatic carbocycles. The quantitative estimate of drug-likeness (QED) is 0.157. The van der Waals surface area contributed by atoms with Gasteiger partial charge < -0.3 is 0 Å². The van der Waals surface area contributed by atoms with Gasteiger partial charge in [0.15, 0.2) is 0 Å². The molecule has 0 spiro atoms. The van der Waals surface area contributed by atoms with E-state index >= 15 is 0 Å². The zero-order valence-corrected chi connectivity index (χ0v) is 29.0. The Kier molecular flexibility index (Phi) is 9.23. The van der Waals surface area contributed by atoms with Gasteiger partial charge >= 0.3 is 0 Å². The van der Waals surface area contributed by atoms with Gasteiger partial charge in [0.25, 0.3) is 0 Å². The molecule has 0 nitrogen and oxygen atoms in total. The van der Waals surface area contributed by atoms with Crippen LogP contribution in [0, 0.1) is 6.92 Å². The first kappa shape index (κ1) is 32.0. The lowest BCUT2D eigenvalue weighted by Crippen LogP contribution is -1.91. The van der Waals surface area contributed by atoms with Gasteiger partial charge in [0.05, 0.1) is 0 Å². The number of aryl methyl sites for hydroxylation is 3. The lowest BCUT2D eigenvalue weighted by atomic mass is 9.88. The van der Waals surface area contributed by atoms with E-state index in [1.807, 2.05) is 0 Å². The van der Waals surface area contributed by atoms with E-state index in [2.05, 4.69) is 207 Å². The summed E-state index contributed by atoms with van der Waals surface area (Å²) in [4.78, 5) is 0. The minimum absolute atomic E-state index is 1.07. The molecule has 0 amide bonds. The predicted octanol–water partition coefficient (Wildman–Crippen LogP) is 13.9. The average molecular weight is 653 g/mol. The molecule has 9 aromatic rings. The summed E-state index contributed by atoms with van der Waals surface area (Å²) in [5, 5.41) is 7.90. The number of benzene rings is 9. The Morgan fingerprint density at radius 3 is 1.16 bits per heavy atom. The van der Waals surface area contributed by atoms with Gasteiger partial charge in [-0.2, -0.15) is 0 Å². The molecule has 0 aliphatic rings. The fourth-order valence-corrected chi connectivity index (χ4v) is 7.28. The van der Waals surface area contributed by atoms with Crippen molar-refractivity contribution in [3.05, 3.63) is 217 Å². The highest BCUT2D eigenvalue weighted by molar-refractivity contribution is 6.15. The van der Waals surface area contributed by atoms with Crippen molar-refractivity contribution < 1.29 is 0 Å². The van der Waals surface area contributed by atoms with Gasteiger partial charge in [-0.1, -0.05) is 194 Å². The summed E-state index contributed by atoms with van der Waals surface area (Å²) in [6.45, 7) is 2.23. The Labute approximate surface area is 301 Å². The van der Waals surface area contributed by atoms with Gasteiger partial charge in [0.2, 0.25) is 0 Å². The third-order valence-corrected chi connectivity index (χ3v) is 10.1. The summed E-state index contributed by atoms with van der Waals surface area (Å²) in [7, 11) is 0. The van der Waals surface area contributed by atoms with Crippen LogP contribution < -0.4 is 0 Å². The lowest BCUT2D eigenvalue weighted by molar-refractivity contribution is 0.961. The molecular formula is C51H40. The predicted molar refractivity (Wildman–Crippen MR) is 220 cm³/mol. The van der Waals surface area contributed by atoms with Gasteiger partial charge in [-0.25, -0.2) is 0 Å². The molecule has 0 radical (unpaired) electrons. The second-order valence-corrected chi connectivity index (χ2v) is 13.3. The second kappa shape index (κ2) is 14.7. The first-order chi connectivity index (χ1) is 25.2. The highest BCUT2D eigenvalue weighted by Gasteiger charge is 2.13. The summed E-state index contributed by atoms with van der Waals surface area (Å²) in [6, 6.07) is 71.9. The SMILES string of the molecule is Cc1c2ccccc2c(-c2ccc3ccccc3c2)c2ccccc12.c1ccc(-c2ccc(CCc3ccc(-c4ccccc4)cc3)cc2)cc1. The van der Waals surface area contributed by atoms with E-state index in [1.165, 1.54) is 82.4 Å². The molecule has 0 aliphatic carbocycles. The summed E-state index contributed by atoms with van der Waals surface area (Å²) in [5.74, 6) is 0. The van der Waals surface area contributed by atoms with Gasteiger partial charge in [0.1, 0.15) is 0 Å². The third kappa shape index (κ3) is 6.95. The van der Waals surface area contributed by atoms with Gasteiger partial charge in [-0.05, 0) is 108 Å². The van der Waals surface area contributed by atoms with Crippen LogP contribution >= 0.6 is 0 Å². The van der Waals surface area contributed by atoms with Crippen LogP contribution in [0.4, 0.5) is 0 Å². The monoisotopic (exact) mass is 652 g/mol. The lowest BCUT2D eigenvalue weighted by Gasteiger charge is -2.15. The molecule has 0 fully saturated rings. The van der Waals surface area contributed by atoms with Gasteiger partial charge in [-0.3, -0.25) is 0 Å². The van der Waals surface area contributed by atoms with Crippen molar-refractivity contribution in [2.24, 2.45) is 0 Å². The minimum Gasteiger partial charge on any atom is -0.0622 e. The molecule has 0 heterocycles. The largest absolute Gasteiger partial charge is 0.0622 e. The van der Waals surface area contributed by atoms with Crippen molar-refractivity contribution in [1.29, 1.82) is 0 Å². The first-order valence-electron chi connectivity index (χ1n) is 17.9. The Balaban J connectivity index is 0.000000147. The Morgan fingerprint density at radius 1 is 0.294 bits per heavy atom. The zero-order valence-electron chi connectivity index (χ0n) is 29.0. The maximum Gasteiger partial charge on any atom is -0.00264 e. The summed E-state index contributed by atoms with van der Waals surface area (Å²) < 4.78 is 0. The second-order valence-electron chi connectivity index (χ2n) is 13.3. The fourth-order valence-electron chi connectivity index (χ4n) is 7.28. The van der Waals surface area contributed by atoms with E-state index < -0.39 is 0 Å². The number of fused-ring (bicyclic) bond motifs is 3. The minimum atomic E-state index is 1.07. The van der Waals surface area contributed by atoms with Crippen LogP contribution in [-0.2, 0) is 12.8 Å². The maximum atomic E-state index is 2.32. The van der Waals surface area contributed by atoms with Crippen LogP contribution in [0.2, 0.25) is 0 Å². The zero-order chi connectivity index (χ0) is 34.4. The van der Waals surface area contributed by atoms with Crippen molar-refractivity contribution in [1.82, 2.24) is 0 Å². The van der Waals surface area contributed by atoms with Crippen LogP contribution in [0.15, 0.2) is 200 Å². The average Bonchev–Trinajstić information content (AvgIpc) is 3.21. The molecule has 0 aliphatic heterocycles. The maximum absolute atomic E-state index is 2.32. The molecule has 0 unspecified atom stereocenters. The molecule has 0 saturated carbocycles. The summed E-state index contributed by atoms with van der Waals surface area (Å²) >= 11 is 0. The molecule has 0 atom stereocenters. The first-order valence-corrected chi connectivity index (χ1v) is 17.9. The molecule has 0 bridgehead atoms. The van der Waals surface area contributed by atoms with Crippen LogP contribution in [0.1, 0.15) is 16.7 Å². The van der Waals surface area contributed by atoms with Crippen molar-refractivity contribution >= 4 is 32.3 Å². The number of hydrogen-bond donors (Lipinski definition) is 0. The van der Waals surface area contributed by atoms with Crippen LogP contribution in [0.5, 0.6) is 0 Å². The van der Waals surface area contributed by atoms with Crippen molar-refractivity contribution in [2.45, 2.75) is 19.8 Å². The Hall–Kier alpha value is -6.24. The molecule has 0 saturated heterocycles. The summed E-state index contributed by atoms with van der Waals surface area (Å²) in [5.41, 5.74) is 11.9. The molecule has 9 rings (SSSR count). The Morgan fingerprint density at radius 2 is 0.667 bits per heavy atom. The van der Waals surface area contributed by atoms with Crippen LogP contribution in [0.3, 0.4) is 0 Å². The van der Waals surface area contributed by atoms with Crippen molar-refractivity contribution in [3.63, 3.8) is 0 Å². The smallest absolute Gasteiger partial charge is 0.00264 e. The van der Waals surface area contributed by atoms with E-state index in [-0.39, 0.29) is 0 Å². The fraction of sp³-hybridized carbons (Fsp3) is 0.0588. The molecule has 0 N–H and O–H groups in total. The molecule has 51 heavy (non-hydrogen) atoms. The van der Waals surface area contributed by atoms with Crippen molar-refractivity contribution in [3.8, 4) is 33.4 Å². The summed E-state index contributed by atoms with van der Waals surface area (Å²) in [6.07, 6.45) is 2.14. The van der Waals surface area contributed by atoms with E-state index in [4.69, 9.17) is 0 Å². The standard InChI is InChI=1S/C26H22.C25H18/c1-3-7-23(8-4-1)25-17-13-21(14-18-25)11-12-22-15-19-26(20-16-22)24-9-5-2-6-10-24;1-17-21-10-4-6-12-23(21)25(24-13-7-5-11-22(17)24)20-15-14-18-8-2-3-9-19(18)16-20/h1-10,13-20H,11-12H2;2-16H,1H3. The molecule has 0 heteroatoms. The highest BCUT2D eigenvalue weighted by atomic mass is 14.2.